The number of hydrogen-bond acceptors (Lipinski definition) is 2. The molecule has 0 aliphatic rings. The third-order valence-electron chi connectivity index (χ3n) is 2.64. The van der Waals surface area contributed by atoms with Crippen molar-refractivity contribution in [3.63, 3.8) is 0 Å². The number of hydrogen-bond donors (Lipinski definition) is 2. The summed E-state index contributed by atoms with van der Waals surface area (Å²) in [5.41, 5.74) is 12.0. The minimum Gasteiger partial charge on any atom is -0.395 e. The molecule has 1 heterocycles. The van der Waals surface area contributed by atoms with Crippen molar-refractivity contribution in [2.75, 3.05) is 5.73 Å². The first-order valence-corrected chi connectivity index (χ1v) is 4.97. The standard InChI is InChI=1S/C12H15N3/c1-7-4-5-8(2)10(6-7)12-11(13)9(3)14-15-12/h4-6H,13H2,1-3H3,(H,14,15). The van der Waals surface area contributed by atoms with Gasteiger partial charge in [-0.25, -0.2) is 0 Å². The van der Waals surface area contributed by atoms with E-state index in [2.05, 4.69) is 42.2 Å². The molecular formula is C12H15N3. The molecule has 3 nitrogen and oxygen atoms in total. The highest BCUT2D eigenvalue weighted by atomic mass is 15.1. The highest BCUT2D eigenvalue weighted by Crippen LogP contribution is 2.28. The van der Waals surface area contributed by atoms with Crippen molar-refractivity contribution >= 4 is 5.69 Å². The van der Waals surface area contributed by atoms with E-state index in [1.54, 1.807) is 0 Å². The number of rotatable bonds is 1. The van der Waals surface area contributed by atoms with Crippen LogP contribution in [0.4, 0.5) is 5.69 Å². The molecule has 3 heteroatoms. The number of nitrogens with one attached hydrogen (secondary N) is 1. The summed E-state index contributed by atoms with van der Waals surface area (Å²) >= 11 is 0. The van der Waals surface area contributed by atoms with Crippen molar-refractivity contribution in [2.45, 2.75) is 20.8 Å². The fourth-order valence-corrected chi connectivity index (χ4v) is 1.63. The van der Waals surface area contributed by atoms with Gasteiger partial charge < -0.3 is 5.73 Å². The number of nitrogens with zero attached hydrogens (tertiary/aromatic N) is 1. The van der Waals surface area contributed by atoms with E-state index < -0.39 is 0 Å². The fraction of sp³-hybridized carbons (Fsp3) is 0.250. The molecule has 2 rings (SSSR count). The lowest BCUT2D eigenvalue weighted by molar-refractivity contribution is 1.05. The molecule has 0 bridgehead atoms. The molecule has 2 aromatic rings. The van der Waals surface area contributed by atoms with Gasteiger partial charge in [-0.2, -0.15) is 5.10 Å². The van der Waals surface area contributed by atoms with E-state index in [9.17, 15) is 0 Å². The third kappa shape index (κ3) is 1.61. The zero-order valence-electron chi connectivity index (χ0n) is 9.26. The number of benzene rings is 1. The minimum absolute atomic E-state index is 0.740. The average molecular weight is 201 g/mol. The third-order valence-corrected chi connectivity index (χ3v) is 2.64. The molecule has 3 N–H and O–H groups in total. The summed E-state index contributed by atoms with van der Waals surface area (Å²) in [5.74, 6) is 0. The summed E-state index contributed by atoms with van der Waals surface area (Å²) < 4.78 is 0. The van der Waals surface area contributed by atoms with Crippen LogP contribution in [0.5, 0.6) is 0 Å². The maximum atomic E-state index is 5.96. The van der Waals surface area contributed by atoms with E-state index in [1.165, 1.54) is 11.1 Å². The maximum absolute atomic E-state index is 5.96. The van der Waals surface area contributed by atoms with Gasteiger partial charge in [0.2, 0.25) is 0 Å². The largest absolute Gasteiger partial charge is 0.395 e. The summed E-state index contributed by atoms with van der Waals surface area (Å²) in [6, 6.07) is 6.30. The van der Waals surface area contributed by atoms with Gasteiger partial charge in [-0.15, -0.1) is 0 Å². The molecule has 0 aliphatic heterocycles. The zero-order chi connectivity index (χ0) is 11.0. The van der Waals surface area contributed by atoms with Crippen LogP contribution in [0.3, 0.4) is 0 Å². The van der Waals surface area contributed by atoms with Crippen molar-refractivity contribution in [1.82, 2.24) is 10.2 Å². The highest BCUT2D eigenvalue weighted by molar-refractivity contribution is 5.76. The van der Waals surface area contributed by atoms with Gasteiger partial charge in [0.25, 0.3) is 0 Å². The second kappa shape index (κ2) is 3.42. The Balaban J connectivity index is 2.63. The van der Waals surface area contributed by atoms with Crippen molar-refractivity contribution < 1.29 is 0 Å². The number of aryl methyl sites for hydroxylation is 3. The predicted octanol–water partition coefficient (Wildman–Crippen LogP) is 2.58. The lowest BCUT2D eigenvalue weighted by atomic mass is 10.0. The molecule has 0 saturated carbocycles. The van der Waals surface area contributed by atoms with Gasteiger partial charge in [0.1, 0.15) is 5.69 Å². The van der Waals surface area contributed by atoms with E-state index in [1.807, 2.05) is 6.92 Å². The Hall–Kier alpha value is -1.77. The second-order valence-electron chi connectivity index (χ2n) is 3.93. The Morgan fingerprint density at radius 2 is 1.93 bits per heavy atom. The van der Waals surface area contributed by atoms with Crippen molar-refractivity contribution in [1.29, 1.82) is 0 Å². The SMILES string of the molecule is Cc1ccc(C)c(-c2n[nH]c(C)c2N)c1. The number of nitrogens with two attached hydrogens (primary N) is 1. The van der Waals surface area contributed by atoms with Gasteiger partial charge >= 0.3 is 0 Å². The van der Waals surface area contributed by atoms with Gasteiger partial charge in [-0.1, -0.05) is 17.7 Å². The smallest absolute Gasteiger partial charge is 0.116 e. The molecule has 0 fully saturated rings. The Kier molecular flexibility index (Phi) is 2.23. The van der Waals surface area contributed by atoms with Crippen molar-refractivity contribution in [3.05, 3.63) is 35.0 Å². The second-order valence-corrected chi connectivity index (χ2v) is 3.93. The first kappa shape index (κ1) is 9.77. The predicted molar refractivity (Wildman–Crippen MR) is 62.6 cm³/mol. The Morgan fingerprint density at radius 1 is 1.20 bits per heavy atom. The van der Waals surface area contributed by atoms with Crippen LogP contribution >= 0.6 is 0 Å². The molecule has 0 radical (unpaired) electrons. The van der Waals surface area contributed by atoms with Gasteiger partial charge in [0, 0.05) is 5.56 Å². The first-order chi connectivity index (χ1) is 7.09. The van der Waals surface area contributed by atoms with Crippen LogP contribution < -0.4 is 5.73 Å². The molecule has 0 amide bonds. The van der Waals surface area contributed by atoms with Crippen LogP contribution in [-0.2, 0) is 0 Å². The molecule has 0 unspecified atom stereocenters. The van der Waals surface area contributed by atoms with Crippen LogP contribution in [0.1, 0.15) is 16.8 Å². The van der Waals surface area contributed by atoms with Gasteiger partial charge in [-0.3, -0.25) is 5.10 Å². The Labute approximate surface area is 89.3 Å². The summed E-state index contributed by atoms with van der Waals surface area (Å²) in [7, 11) is 0. The summed E-state index contributed by atoms with van der Waals surface area (Å²) in [5, 5.41) is 7.14. The number of aromatic nitrogens is 2. The molecule has 1 aromatic carbocycles. The lowest BCUT2D eigenvalue weighted by Crippen LogP contribution is -1.91. The van der Waals surface area contributed by atoms with Crippen LogP contribution in [0.2, 0.25) is 0 Å². The van der Waals surface area contributed by atoms with E-state index in [4.69, 9.17) is 5.73 Å². The monoisotopic (exact) mass is 201 g/mol. The van der Waals surface area contributed by atoms with E-state index in [-0.39, 0.29) is 0 Å². The zero-order valence-corrected chi connectivity index (χ0v) is 9.26. The number of aromatic amines is 1. The topological polar surface area (TPSA) is 54.7 Å². The quantitative estimate of drug-likeness (QED) is 0.745. The molecule has 15 heavy (non-hydrogen) atoms. The minimum atomic E-state index is 0.740. The first-order valence-electron chi connectivity index (χ1n) is 4.97. The number of nitrogen functional groups attached to an aromatic ring is 1. The number of anilines is 1. The van der Waals surface area contributed by atoms with E-state index in [0.29, 0.717) is 0 Å². The molecular weight excluding hydrogens is 186 g/mol. The van der Waals surface area contributed by atoms with Crippen LogP contribution in [0, 0.1) is 20.8 Å². The molecule has 0 atom stereocenters. The van der Waals surface area contributed by atoms with Crippen LogP contribution in [0.15, 0.2) is 18.2 Å². The fourth-order valence-electron chi connectivity index (χ4n) is 1.63. The van der Waals surface area contributed by atoms with Gasteiger partial charge in [0.05, 0.1) is 11.4 Å². The van der Waals surface area contributed by atoms with E-state index >= 15 is 0 Å². The van der Waals surface area contributed by atoms with E-state index in [0.717, 1.165) is 22.6 Å². The molecule has 1 aromatic heterocycles. The normalized spacial score (nSPS) is 10.6. The molecule has 0 saturated heterocycles. The molecule has 0 spiro atoms. The summed E-state index contributed by atoms with van der Waals surface area (Å²) in [4.78, 5) is 0. The van der Waals surface area contributed by atoms with Crippen molar-refractivity contribution in [3.8, 4) is 11.3 Å². The van der Waals surface area contributed by atoms with Crippen LogP contribution in [-0.4, -0.2) is 10.2 Å². The Bertz CT molecular complexity index is 498. The van der Waals surface area contributed by atoms with Gasteiger partial charge in [-0.05, 0) is 32.4 Å². The summed E-state index contributed by atoms with van der Waals surface area (Å²) in [6.07, 6.45) is 0. The van der Waals surface area contributed by atoms with Crippen molar-refractivity contribution in [2.24, 2.45) is 0 Å². The molecule has 78 valence electrons. The average Bonchev–Trinajstić information content (AvgIpc) is 2.52. The maximum Gasteiger partial charge on any atom is 0.116 e. The van der Waals surface area contributed by atoms with Gasteiger partial charge in [0.15, 0.2) is 0 Å². The number of H-pyrrole nitrogens is 1. The highest BCUT2D eigenvalue weighted by Gasteiger charge is 2.11. The van der Waals surface area contributed by atoms with Crippen LogP contribution in [0.25, 0.3) is 11.3 Å². The Morgan fingerprint density at radius 3 is 2.53 bits per heavy atom. The molecule has 0 aliphatic carbocycles. The lowest BCUT2D eigenvalue weighted by Gasteiger charge is -2.05. The summed E-state index contributed by atoms with van der Waals surface area (Å²) in [6.45, 7) is 6.06.